The van der Waals surface area contributed by atoms with Crippen LogP contribution in [0.1, 0.15) is 16.7 Å². The normalized spacial score (nSPS) is 11.2. The molecule has 0 saturated carbocycles. The van der Waals surface area contributed by atoms with E-state index >= 15 is 0 Å². The third kappa shape index (κ3) is 4.14. The molecule has 0 N–H and O–H groups in total. The van der Waals surface area contributed by atoms with Crippen molar-refractivity contribution in [3.8, 4) is 23.6 Å². The van der Waals surface area contributed by atoms with Gasteiger partial charge in [0, 0.05) is 5.56 Å². The number of alkyl halides is 2. The minimum absolute atomic E-state index is 0.0790. The van der Waals surface area contributed by atoms with E-state index in [2.05, 4.69) is 4.74 Å². The zero-order valence-electron chi connectivity index (χ0n) is 16.0. The van der Waals surface area contributed by atoms with E-state index < -0.39 is 12.2 Å². The van der Waals surface area contributed by atoms with Gasteiger partial charge in [0.15, 0.2) is 5.57 Å². The van der Waals surface area contributed by atoms with E-state index in [1.165, 1.54) is 22.8 Å². The van der Waals surface area contributed by atoms with E-state index in [0.717, 1.165) is 22.5 Å². The largest absolute Gasteiger partial charge is 0.434 e. The summed E-state index contributed by atoms with van der Waals surface area (Å²) in [6.07, 6.45) is 1.42. The highest BCUT2D eigenvalue weighted by Gasteiger charge is 2.14. The lowest BCUT2D eigenvalue weighted by atomic mass is 10.1. The van der Waals surface area contributed by atoms with E-state index in [1.807, 2.05) is 38.1 Å². The van der Waals surface area contributed by atoms with Crippen molar-refractivity contribution >= 4 is 23.0 Å². The molecule has 150 valence electrons. The molecular formula is C22H15F2N3O2S. The summed E-state index contributed by atoms with van der Waals surface area (Å²) in [4.78, 5) is 13.2. The summed E-state index contributed by atoms with van der Waals surface area (Å²) in [5, 5.41) is 18.7. The fourth-order valence-corrected chi connectivity index (χ4v) is 4.03. The van der Waals surface area contributed by atoms with Crippen LogP contribution in [0.3, 0.4) is 0 Å². The zero-order chi connectivity index (χ0) is 21.8. The molecule has 0 aliphatic rings. The Kier molecular flexibility index (Phi) is 6.10. The maximum atomic E-state index is 13.2. The molecule has 0 radical (unpaired) electrons. The number of benzene rings is 2. The van der Waals surface area contributed by atoms with Crippen LogP contribution in [0.2, 0.25) is 0 Å². The number of ether oxygens (including phenoxy) is 1. The molecule has 0 aliphatic carbocycles. The van der Waals surface area contributed by atoms with Gasteiger partial charge in [-0.1, -0.05) is 35.9 Å². The van der Waals surface area contributed by atoms with Crippen LogP contribution < -0.4 is 19.5 Å². The maximum absolute atomic E-state index is 13.2. The minimum atomic E-state index is -3.01. The van der Waals surface area contributed by atoms with E-state index in [4.69, 9.17) is 0 Å². The lowest BCUT2D eigenvalue weighted by Crippen LogP contribution is -2.31. The molecule has 5 nitrogen and oxygen atoms in total. The first-order chi connectivity index (χ1) is 14.3. The second-order valence-corrected chi connectivity index (χ2v) is 7.39. The molecule has 3 rings (SSSR count). The maximum Gasteiger partial charge on any atom is 0.387 e. The number of thiazole rings is 1. The van der Waals surface area contributed by atoms with Crippen molar-refractivity contribution in [2.75, 3.05) is 0 Å². The molecule has 8 heteroatoms. The van der Waals surface area contributed by atoms with Gasteiger partial charge in [0.2, 0.25) is 0 Å². The van der Waals surface area contributed by atoms with Crippen molar-refractivity contribution in [2.45, 2.75) is 20.5 Å². The van der Waals surface area contributed by atoms with Crippen LogP contribution in [0.4, 0.5) is 8.78 Å². The van der Waals surface area contributed by atoms with E-state index in [9.17, 15) is 24.1 Å². The molecule has 0 atom stereocenters. The van der Waals surface area contributed by atoms with Crippen molar-refractivity contribution in [1.29, 1.82) is 10.5 Å². The standard InChI is InChI=1S/C22H15F2N3O2S/c1-13-7-8-17(14(2)9-13)27-20(28)19(30-21(27)16(11-25)12-26)10-15-5-3-4-6-18(15)29-22(23)24/h3-10,22H,1-2H3. The Hall–Kier alpha value is -3.75. The third-order valence-corrected chi connectivity index (χ3v) is 5.37. The molecule has 0 unspecified atom stereocenters. The topological polar surface area (TPSA) is 78.8 Å². The van der Waals surface area contributed by atoms with E-state index in [0.29, 0.717) is 5.69 Å². The fraction of sp³-hybridized carbons (Fsp3) is 0.136. The fourth-order valence-electron chi connectivity index (χ4n) is 2.99. The predicted octanol–water partition coefficient (Wildman–Crippen LogP) is 3.14. The van der Waals surface area contributed by atoms with Crippen LogP contribution >= 0.6 is 11.3 Å². The van der Waals surface area contributed by atoms with Crippen LogP contribution in [0, 0.1) is 36.5 Å². The van der Waals surface area contributed by atoms with Crippen molar-refractivity contribution in [1.82, 2.24) is 4.57 Å². The Bertz CT molecular complexity index is 1360. The number of halogens is 2. The molecule has 30 heavy (non-hydrogen) atoms. The van der Waals surface area contributed by atoms with E-state index in [-0.39, 0.29) is 26.1 Å². The van der Waals surface area contributed by atoms with Gasteiger partial charge in [-0.15, -0.1) is 11.3 Å². The van der Waals surface area contributed by atoms with Crippen molar-refractivity contribution in [2.24, 2.45) is 0 Å². The molecule has 0 saturated heterocycles. The van der Waals surface area contributed by atoms with Crippen molar-refractivity contribution in [3.63, 3.8) is 0 Å². The Labute approximate surface area is 174 Å². The number of nitriles is 2. The SMILES string of the molecule is Cc1ccc(-n2c(=C(C#N)C#N)sc(=Cc3ccccc3OC(F)F)c2=O)c(C)c1. The number of hydrogen-bond donors (Lipinski definition) is 0. The molecule has 1 aromatic heterocycles. The van der Waals surface area contributed by atoms with Crippen LogP contribution in [0.25, 0.3) is 17.3 Å². The summed E-state index contributed by atoms with van der Waals surface area (Å²) in [6, 6.07) is 15.2. The summed E-state index contributed by atoms with van der Waals surface area (Å²) < 4.78 is 31.6. The highest BCUT2D eigenvalue weighted by molar-refractivity contribution is 7.07. The van der Waals surface area contributed by atoms with E-state index in [1.54, 1.807) is 18.2 Å². The lowest BCUT2D eigenvalue weighted by molar-refractivity contribution is -0.0499. The van der Waals surface area contributed by atoms with Gasteiger partial charge < -0.3 is 4.74 Å². The van der Waals surface area contributed by atoms with Crippen molar-refractivity contribution in [3.05, 3.63) is 78.7 Å². The molecular weight excluding hydrogens is 408 g/mol. The first kappa shape index (κ1) is 21.0. The molecule has 0 fully saturated rings. The van der Waals surface area contributed by atoms with Gasteiger partial charge in [-0.25, -0.2) is 0 Å². The molecule has 0 spiro atoms. The first-order valence-electron chi connectivity index (χ1n) is 8.75. The first-order valence-corrected chi connectivity index (χ1v) is 9.57. The van der Waals surface area contributed by atoms with Crippen LogP contribution in [-0.2, 0) is 0 Å². The number of hydrogen-bond acceptors (Lipinski definition) is 5. The molecule has 0 amide bonds. The third-order valence-electron chi connectivity index (χ3n) is 4.28. The molecule has 0 aliphatic heterocycles. The number of aryl methyl sites for hydroxylation is 2. The average Bonchev–Trinajstić information content (AvgIpc) is 3.00. The summed E-state index contributed by atoms with van der Waals surface area (Å²) in [7, 11) is 0. The smallest absolute Gasteiger partial charge is 0.387 e. The Morgan fingerprint density at radius 1 is 1.17 bits per heavy atom. The van der Waals surface area contributed by atoms with Crippen LogP contribution in [0.15, 0.2) is 47.3 Å². The predicted molar refractivity (Wildman–Crippen MR) is 110 cm³/mol. The summed E-state index contributed by atoms with van der Waals surface area (Å²) in [5.41, 5.74) is 1.93. The Morgan fingerprint density at radius 3 is 2.50 bits per heavy atom. The van der Waals surface area contributed by atoms with Gasteiger partial charge in [-0.05, 0) is 37.6 Å². The molecule has 3 aromatic rings. The van der Waals surface area contributed by atoms with Gasteiger partial charge >= 0.3 is 6.61 Å². The summed E-state index contributed by atoms with van der Waals surface area (Å²) >= 11 is 0.943. The quantitative estimate of drug-likeness (QED) is 0.646. The van der Waals surface area contributed by atoms with Gasteiger partial charge in [0.25, 0.3) is 5.56 Å². The molecule has 2 aromatic carbocycles. The summed E-state index contributed by atoms with van der Waals surface area (Å²) in [5.74, 6) is -0.0790. The second-order valence-electron chi connectivity index (χ2n) is 6.36. The minimum Gasteiger partial charge on any atom is -0.434 e. The monoisotopic (exact) mass is 423 g/mol. The van der Waals surface area contributed by atoms with Gasteiger partial charge in [0.05, 0.1) is 10.2 Å². The second kappa shape index (κ2) is 8.73. The van der Waals surface area contributed by atoms with Gasteiger partial charge in [-0.3, -0.25) is 9.36 Å². The Balaban J connectivity index is 2.38. The van der Waals surface area contributed by atoms with Crippen molar-refractivity contribution < 1.29 is 13.5 Å². The Morgan fingerprint density at radius 2 is 1.87 bits per heavy atom. The van der Waals surface area contributed by atoms with Gasteiger partial charge in [0.1, 0.15) is 22.6 Å². The molecule has 1 heterocycles. The van der Waals surface area contributed by atoms with Gasteiger partial charge in [-0.2, -0.15) is 19.3 Å². The van der Waals surface area contributed by atoms with Crippen LogP contribution in [-0.4, -0.2) is 11.2 Å². The zero-order valence-corrected chi connectivity index (χ0v) is 16.8. The number of para-hydroxylation sites is 1. The van der Waals surface area contributed by atoms with Crippen LogP contribution in [0.5, 0.6) is 5.75 Å². The highest BCUT2D eigenvalue weighted by atomic mass is 32.1. The average molecular weight is 423 g/mol. The number of aromatic nitrogens is 1. The number of nitrogens with zero attached hydrogens (tertiary/aromatic N) is 3. The lowest BCUT2D eigenvalue weighted by Gasteiger charge is -2.07. The number of rotatable bonds is 4. The summed E-state index contributed by atoms with van der Waals surface area (Å²) in [6.45, 7) is 0.724. The highest BCUT2D eigenvalue weighted by Crippen LogP contribution is 2.21. The molecule has 0 bridgehead atoms.